The second-order valence-corrected chi connectivity index (χ2v) is 4.15. The molecule has 1 aromatic rings. The third-order valence-electron chi connectivity index (χ3n) is 2.46. The number of hydrogen-bond acceptors (Lipinski definition) is 1. The lowest BCUT2D eigenvalue weighted by Crippen LogP contribution is -2.32. The molecule has 0 aliphatic carbocycles. The number of Topliss-reactive ketones (excluding diaryl/α,β-unsaturated/α-hetero) is 1. The van der Waals surface area contributed by atoms with Gasteiger partial charge in [0.25, 0.3) is 0 Å². The molecule has 0 aliphatic heterocycles. The molecule has 1 atom stereocenters. The molecule has 13 heavy (non-hydrogen) atoms. The molecule has 0 N–H and O–H groups in total. The number of carbonyl (C=O) groups is 1. The molecule has 0 bridgehead atoms. The normalized spacial score (nSPS) is 15.0. The second-order valence-electron chi connectivity index (χ2n) is 3.39. The van der Waals surface area contributed by atoms with E-state index in [9.17, 15) is 4.79 Å². The lowest BCUT2D eigenvalue weighted by molar-refractivity contribution is -0.121. The summed E-state index contributed by atoms with van der Waals surface area (Å²) in [5, 5.41) is 0. The fourth-order valence-electron chi connectivity index (χ4n) is 1.18. The Labute approximate surface area is 92.7 Å². The third-order valence-corrected chi connectivity index (χ3v) is 3.98. The maximum atomic E-state index is 11.5. The molecule has 1 unspecified atom stereocenters. The standard InChI is InChI=1S/C11H13IO/c1-9(13)11(2,8-12)10-6-4-3-5-7-10/h3-7H,8H2,1-2H3. The van der Waals surface area contributed by atoms with Crippen molar-refractivity contribution < 1.29 is 4.79 Å². The molecule has 1 rings (SSSR count). The van der Waals surface area contributed by atoms with Gasteiger partial charge in [0, 0.05) is 4.43 Å². The zero-order valence-electron chi connectivity index (χ0n) is 7.88. The number of rotatable bonds is 3. The zero-order valence-corrected chi connectivity index (χ0v) is 10.0. The highest BCUT2D eigenvalue weighted by molar-refractivity contribution is 14.1. The van der Waals surface area contributed by atoms with Crippen molar-refractivity contribution in [3.05, 3.63) is 35.9 Å². The molecule has 0 heterocycles. The van der Waals surface area contributed by atoms with E-state index in [1.54, 1.807) is 6.92 Å². The summed E-state index contributed by atoms with van der Waals surface area (Å²) in [5.74, 6) is 0.230. The van der Waals surface area contributed by atoms with E-state index < -0.39 is 0 Å². The first-order valence-electron chi connectivity index (χ1n) is 4.24. The molecular formula is C11H13IO. The van der Waals surface area contributed by atoms with Crippen LogP contribution in [0.2, 0.25) is 0 Å². The Balaban J connectivity index is 3.11. The number of carbonyl (C=O) groups excluding carboxylic acids is 1. The summed E-state index contributed by atoms with van der Waals surface area (Å²) in [6.45, 7) is 3.66. The zero-order chi connectivity index (χ0) is 9.90. The maximum Gasteiger partial charge on any atom is 0.140 e. The summed E-state index contributed by atoms with van der Waals surface area (Å²) in [6.07, 6.45) is 0. The van der Waals surface area contributed by atoms with Crippen molar-refractivity contribution in [1.29, 1.82) is 0 Å². The minimum Gasteiger partial charge on any atom is -0.299 e. The average molecular weight is 288 g/mol. The number of hydrogen-bond donors (Lipinski definition) is 0. The molecule has 1 aromatic carbocycles. The number of alkyl halides is 1. The molecule has 0 aliphatic rings. The quantitative estimate of drug-likeness (QED) is 0.617. The highest BCUT2D eigenvalue weighted by Gasteiger charge is 2.30. The highest BCUT2D eigenvalue weighted by atomic mass is 127. The summed E-state index contributed by atoms with van der Waals surface area (Å²) < 4.78 is 0.824. The average Bonchev–Trinajstić information content (AvgIpc) is 2.17. The van der Waals surface area contributed by atoms with E-state index in [-0.39, 0.29) is 11.2 Å². The molecule has 2 heteroatoms. The molecule has 0 radical (unpaired) electrons. The van der Waals surface area contributed by atoms with Crippen LogP contribution >= 0.6 is 22.6 Å². The van der Waals surface area contributed by atoms with Crippen molar-refractivity contribution in [3.8, 4) is 0 Å². The van der Waals surface area contributed by atoms with Gasteiger partial charge < -0.3 is 0 Å². The van der Waals surface area contributed by atoms with Crippen molar-refractivity contribution in [2.24, 2.45) is 0 Å². The Kier molecular flexibility index (Phi) is 3.47. The van der Waals surface area contributed by atoms with Crippen molar-refractivity contribution in [3.63, 3.8) is 0 Å². The molecule has 0 amide bonds. The molecule has 0 saturated heterocycles. The van der Waals surface area contributed by atoms with Crippen LogP contribution in [0.25, 0.3) is 0 Å². The Morgan fingerprint density at radius 2 is 1.92 bits per heavy atom. The van der Waals surface area contributed by atoms with Crippen LogP contribution in [0, 0.1) is 0 Å². The number of ketones is 1. The van der Waals surface area contributed by atoms with E-state index in [2.05, 4.69) is 22.6 Å². The first-order chi connectivity index (χ1) is 6.11. The van der Waals surface area contributed by atoms with Crippen LogP contribution < -0.4 is 0 Å². The Morgan fingerprint density at radius 3 is 2.31 bits per heavy atom. The molecule has 0 fully saturated rings. The van der Waals surface area contributed by atoms with Gasteiger partial charge >= 0.3 is 0 Å². The van der Waals surface area contributed by atoms with Gasteiger partial charge in [0.05, 0.1) is 5.41 Å². The van der Waals surface area contributed by atoms with E-state index >= 15 is 0 Å². The van der Waals surface area contributed by atoms with E-state index in [4.69, 9.17) is 0 Å². The first-order valence-corrected chi connectivity index (χ1v) is 5.76. The SMILES string of the molecule is CC(=O)C(C)(CI)c1ccccc1. The Bertz CT molecular complexity index is 294. The lowest BCUT2D eigenvalue weighted by Gasteiger charge is -2.24. The van der Waals surface area contributed by atoms with Crippen LogP contribution in [0.3, 0.4) is 0 Å². The van der Waals surface area contributed by atoms with Crippen molar-refractivity contribution in [2.45, 2.75) is 19.3 Å². The van der Waals surface area contributed by atoms with Crippen LogP contribution in [0.5, 0.6) is 0 Å². The molecule has 70 valence electrons. The van der Waals surface area contributed by atoms with E-state index in [1.807, 2.05) is 37.3 Å². The highest BCUT2D eigenvalue weighted by Crippen LogP contribution is 2.26. The molecule has 0 saturated carbocycles. The number of halogens is 1. The fraction of sp³-hybridized carbons (Fsp3) is 0.364. The van der Waals surface area contributed by atoms with Gasteiger partial charge in [-0.15, -0.1) is 0 Å². The molecule has 0 aromatic heterocycles. The van der Waals surface area contributed by atoms with Gasteiger partial charge in [0.15, 0.2) is 0 Å². The predicted molar refractivity (Wildman–Crippen MR) is 63.4 cm³/mol. The maximum absolute atomic E-state index is 11.5. The monoisotopic (exact) mass is 288 g/mol. The summed E-state index contributed by atoms with van der Waals surface area (Å²) in [5.41, 5.74) is 0.791. The van der Waals surface area contributed by atoms with E-state index in [0.717, 1.165) is 9.99 Å². The predicted octanol–water partition coefficient (Wildman–Crippen LogP) is 2.97. The summed E-state index contributed by atoms with van der Waals surface area (Å²) >= 11 is 2.26. The van der Waals surface area contributed by atoms with Gasteiger partial charge in [-0.2, -0.15) is 0 Å². The second kappa shape index (κ2) is 4.22. The smallest absolute Gasteiger partial charge is 0.140 e. The molecular weight excluding hydrogens is 275 g/mol. The Hall–Kier alpha value is -0.380. The largest absolute Gasteiger partial charge is 0.299 e. The number of benzene rings is 1. The van der Waals surface area contributed by atoms with Crippen molar-refractivity contribution in [2.75, 3.05) is 4.43 Å². The first kappa shape index (κ1) is 10.7. The van der Waals surface area contributed by atoms with E-state index in [0.29, 0.717) is 0 Å². The minimum atomic E-state index is -0.318. The van der Waals surface area contributed by atoms with E-state index in [1.165, 1.54) is 0 Å². The van der Waals surface area contributed by atoms with Gasteiger partial charge in [-0.1, -0.05) is 52.9 Å². The van der Waals surface area contributed by atoms with Crippen LogP contribution in [-0.2, 0) is 10.2 Å². The van der Waals surface area contributed by atoms with Gasteiger partial charge in [-0.3, -0.25) is 4.79 Å². The van der Waals surface area contributed by atoms with Crippen molar-refractivity contribution >= 4 is 28.4 Å². The van der Waals surface area contributed by atoms with Crippen LogP contribution in [0.4, 0.5) is 0 Å². The van der Waals surface area contributed by atoms with Crippen molar-refractivity contribution in [1.82, 2.24) is 0 Å². The van der Waals surface area contributed by atoms with Crippen LogP contribution in [0.1, 0.15) is 19.4 Å². The fourth-order valence-corrected chi connectivity index (χ4v) is 2.16. The Morgan fingerprint density at radius 1 is 1.38 bits per heavy atom. The lowest BCUT2D eigenvalue weighted by atomic mass is 9.81. The third kappa shape index (κ3) is 2.10. The van der Waals surface area contributed by atoms with Crippen LogP contribution in [-0.4, -0.2) is 10.2 Å². The molecule has 0 spiro atoms. The van der Waals surface area contributed by atoms with Gasteiger partial charge in [-0.25, -0.2) is 0 Å². The van der Waals surface area contributed by atoms with Gasteiger partial charge in [-0.05, 0) is 19.4 Å². The summed E-state index contributed by atoms with van der Waals surface area (Å²) in [4.78, 5) is 11.5. The summed E-state index contributed by atoms with van der Waals surface area (Å²) in [7, 11) is 0. The minimum absolute atomic E-state index is 0.230. The summed E-state index contributed by atoms with van der Waals surface area (Å²) in [6, 6.07) is 9.95. The van der Waals surface area contributed by atoms with Gasteiger partial charge in [0.2, 0.25) is 0 Å². The van der Waals surface area contributed by atoms with Crippen LogP contribution in [0.15, 0.2) is 30.3 Å². The topological polar surface area (TPSA) is 17.1 Å². The van der Waals surface area contributed by atoms with Gasteiger partial charge in [0.1, 0.15) is 5.78 Å². The molecule has 1 nitrogen and oxygen atoms in total.